The number of hydrogen-bond acceptors (Lipinski definition) is 4. The number of hydrogen-bond donors (Lipinski definition) is 0. The van der Waals surface area contributed by atoms with Crippen LogP contribution in [0.3, 0.4) is 0 Å². The summed E-state index contributed by atoms with van der Waals surface area (Å²) in [6.45, 7) is 17.7. The highest BCUT2D eigenvalue weighted by Crippen LogP contribution is 2.27. The van der Waals surface area contributed by atoms with E-state index in [9.17, 15) is 4.79 Å². The maximum Gasteiger partial charge on any atom is 0.521 e. The molecule has 22 heavy (non-hydrogen) atoms. The fourth-order valence-corrected chi connectivity index (χ4v) is 2.12. The SMILES string of the molecule is C=C/C=C\C(=C/C=C)SOC(=O)OC(CC(C)(C)C)C(C)C. The lowest BCUT2D eigenvalue weighted by Crippen LogP contribution is -2.28. The number of rotatable bonds is 8. The molecule has 0 aliphatic carbocycles. The molecule has 4 heteroatoms. The van der Waals surface area contributed by atoms with E-state index in [0.717, 1.165) is 23.4 Å². The summed E-state index contributed by atoms with van der Waals surface area (Å²) in [5, 5.41) is 0. The molecule has 0 heterocycles. The van der Waals surface area contributed by atoms with Crippen LogP contribution in [0, 0.1) is 11.3 Å². The van der Waals surface area contributed by atoms with Crippen LogP contribution in [-0.2, 0) is 8.92 Å². The van der Waals surface area contributed by atoms with Gasteiger partial charge in [-0.2, -0.15) is 0 Å². The maximum absolute atomic E-state index is 11.9. The molecule has 0 aliphatic rings. The summed E-state index contributed by atoms with van der Waals surface area (Å²) in [6.07, 6.45) is 8.51. The normalized spacial score (nSPS) is 14.0. The van der Waals surface area contributed by atoms with E-state index in [1.165, 1.54) is 0 Å². The number of ether oxygens (including phenoxy) is 1. The monoisotopic (exact) mass is 324 g/mol. The minimum absolute atomic E-state index is 0.0863. The van der Waals surface area contributed by atoms with Gasteiger partial charge >= 0.3 is 6.16 Å². The predicted molar refractivity (Wildman–Crippen MR) is 95.5 cm³/mol. The zero-order chi connectivity index (χ0) is 17.2. The summed E-state index contributed by atoms with van der Waals surface area (Å²) in [5.74, 6) is 0.237. The minimum Gasteiger partial charge on any atom is -0.430 e. The quantitative estimate of drug-likeness (QED) is 0.309. The molecule has 0 aromatic rings. The lowest BCUT2D eigenvalue weighted by molar-refractivity contribution is 0.0214. The van der Waals surface area contributed by atoms with Gasteiger partial charge in [-0.1, -0.05) is 66.0 Å². The van der Waals surface area contributed by atoms with Crippen molar-refractivity contribution in [2.75, 3.05) is 0 Å². The lowest BCUT2D eigenvalue weighted by Gasteiger charge is -2.27. The highest BCUT2D eigenvalue weighted by Gasteiger charge is 2.25. The average Bonchev–Trinajstić information content (AvgIpc) is 2.39. The Labute approximate surface area is 139 Å². The molecule has 1 unspecified atom stereocenters. The van der Waals surface area contributed by atoms with Crippen molar-refractivity contribution in [2.24, 2.45) is 11.3 Å². The van der Waals surface area contributed by atoms with Crippen molar-refractivity contribution >= 4 is 18.2 Å². The molecular weight excluding hydrogens is 296 g/mol. The summed E-state index contributed by atoms with van der Waals surface area (Å²) in [4.78, 5) is 12.6. The predicted octanol–water partition coefficient (Wildman–Crippen LogP) is 6.06. The van der Waals surface area contributed by atoms with Crippen molar-refractivity contribution in [1.29, 1.82) is 0 Å². The largest absolute Gasteiger partial charge is 0.521 e. The van der Waals surface area contributed by atoms with Gasteiger partial charge in [-0.25, -0.2) is 4.79 Å². The zero-order valence-corrected chi connectivity index (χ0v) is 15.1. The van der Waals surface area contributed by atoms with E-state index in [1.807, 2.05) is 13.8 Å². The van der Waals surface area contributed by atoms with E-state index < -0.39 is 6.16 Å². The van der Waals surface area contributed by atoms with Gasteiger partial charge in [-0.15, -0.1) is 0 Å². The van der Waals surface area contributed by atoms with Crippen molar-refractivity contribution < 1.29 is 13.7 Å². The first-order valence-corrected chi connectivity index (χ1v) is 8.10. The number of carbonyl (C=O) groups is 1. The first-order valence-electron chi connectivity index (χ1n) is 7.36. The van der Waals surface area contributed by atoms with Crippen molar-refractivity contribution in [1.82, 2.24) is 0 Å². The molecule has 0 amide bonds. The minimum atomic E-state index is -0.671. The Kier molecular flexibility index (Phi) is 9.66. The van der Waals surface area contributed by atoms with Crippen LogP contribution in [-0.4, -0.2) is 12.3 Å². The summed E-state index contributed by atoms with van der Waals surface area (Å²) < 4.78 is 10.5. The highest BCUT2D eigenvalue weighted by molar-refractivity contribution is 7.99. The Morgan fingerprint density at radius 3 is 2.32 bits per heavy atom. The molecule has 0 spiro atoms. The van der Waals surface area contributed by atoms with Crippen molar-refractivity contribution in [3.63, 3.8) is 0 Å². The van der Waals surface area contributed by atoms with Crippen LogP contribution in [0.15, 0.2) is 48.4 Å². The van der Waals surface area contributed by atoms with E-state index in [-0.39, 0.29) is 17.4 Å². The molecule has 124 valence electrons. The average molecular weight is 324 g/mol. The third kappa shape index (κ3) is 10.3. The Bertz CT molecular complexity index is 428. The Morgan fingerprint density at radius 1 is 1.23 bits per heavy atom. The van der Waals surface area contributed by atoms with Crippen LogP contribution in [0.5, 0.6) is 0 Å². The van der Waals surface area contributed by atoms with Crippen LogP contribution in [0.4, 0.5) is 4.79 Å². The molecule has 0 aromatic carbocycles. The highest BCUT2D eigenvalue weighted by atomic mass is 32.2. The van der Waals surface area contributed by atoms with E-state index in [4.69, 9.17) is 8.92 Å². The Balaban J connectivity index is 4.57. The molecule has 1 atom stereocenters. The van der Waals surface area contributed by atoms with Crippen LogP contribution in [0.2, 0.25) is 0 Å². The summed E-state index contributed by atoms with van der Waals surface area (Å²) in [7, 11) is 0. The van der Waals surface area contributed by atoms with Crippen molar-refractivity contribution in [3.05, 3.63) is 48.4 Å². The maximum atomic E-state index is 11.9. The van der Waals surface area contributed by atoms with Crippen LogP contribution >= 0.6 is 12.0 Å². The van der Waals surface area contributed by atoms with E-state index in [1.54, 1.807) is 30.4 Å². The van der Waals surface area contributed by atoms with Crippen LogP contribution in [0.1, 0.15) is 41.0 Å². The molecule has 0 fully saturated rings. The van der Waals surface area contributed by atoms with Gasteiger partial charge in [0, 0.05) is 4.91 Å². The fraction of sp³-hybridized carbons (Fsp3) is 0.500. The Hall–Kier alpha value is -1.42. The molecule has 0 aliphatic heterocycles. The van der Waals surface area contributed by atoms with Crippen molar-refractivity contribution in [3.8, 4) is 0 Å². The van der Waals surface area contributed by atoms with E-state index >= 15 is 0 Å². The number of carbonyl (C=O) groups excluding carboxylic acids is 1. The summed E-state index contributed by atoms with van der Waals surface area (Å²) >= 11 is 0.947. The van der Waals surface area contributed by atoms with Crippen LogP contribution < -0.4 is 0 Å². The molecule has 3 nitrogen and oxygen atoms in total. The van der Waals surface area contributed by atoms with Crippen LogP contribution in [0.25, 0.3) is 0 Å². The Morgan fingerprint density at radius 2 is 1.86 bits per heavy atom. The third-order valence-electron chi connectivity index (χ3n) is 2.69. The molecule has 0 N–H and O–H groups in total. The zero-order valence-electron chi connectivity index (χ0n) is 14.3. The van der Waals surface area contributed by atoms with Gasteiger partial charge in [-0.05, 0) is 29.9 Å². The van der Waals surface area contributed by atoms with Gasteiger partial charge in [0.05, 0.1) is 12.0 Å². The molecular formula is C18H28O3S. The first kappa shape index (κ1) is 20.6. The van der Waals surface area contributed by atoms with E-state index in [0.29, 0.717) is 0 Å². The molecule has 0 aromatic heterocycles. The fourth-order valence-electron chi connectivity index (χ4n) is 1.63. The number of allylic oxidation sites excluding steroid dienone is 5. The topological polar surface area (TPSA) is 35.5 Å². The van der Waals surface area contributed by atoms with Gasteiger partial charge in [0.25, 0.3) is 0 Å². The second-order valence-electron chi connectivity index (χ2n) is 6.48. The molecule has 0 radical (unpaired) electrons. The van der Waals surface area contributed by atoms with Gasteiger partial charge < -0.3 is 8.92 Å². The van der Waals surface area contributed by atoms with Crippen molar-refractivity contribution in [2.45, 2.75) is 47.1 Å². The summed E-state index contributed by atoms with van der Waals surface area (Å²) in [6, 6.07) is 0. The van der Waals surface area contributed by atoms with Gasteiger partial charge in [0.15, 0.2) is 0 Å². The van der Waals surface area contributed by atoms with Gasteiger partial charge in [0.2, 0.25) is 0 Å². The first-order chi connectivity index (χ1) is 10.2. The summed E-state index contributed by atoms with van der Waals surface area (Å²) in [5.41, 5.74) is 0.0863. The molecule has 0 rings (SSSR count). The van der Waals surface area contributed by atoms with Gasteiger partial charge in [0.1, 0.15) is 6.10 Å². The second-order valence-corrected chi connectivity index (χ2v) is 7.29. The molecule has 0 bridgehead atoms. The third-order valence-corrected chi connectivity index (χ3v) is 3.37. The van der Waals surface area contributed by atoms with Gasteiger partial charge in [-0.3, -0.25) is 0 Å². The second kappa shape index (κ2) is 10.3. The smallest absolute Gasteiger partial charge is 0.430 e. The van der Waals surface area contributed by atoms with E-state index in [2.05, 4.69) is 33.9 Å². The standard InChI is InChI=1S/C18H28O3S/c1-8-10-12-15(11-9-2)22-21-17(19)20-16(14(3)4)13-18(5,6)7/h8-12,14,16H,1-2,13H2,3-7H3/b12-10-,15-11+. The lowest BCUT2D eigenvalue weighted by atomic mass is 9.85. The molecule has 0 saturated carbocycles. The molecule has 0 saturated heterocycles.